The van der Waals surface area contributed by atoms with E-state index in [4.69, 9.17) is 0 Å². The van der Waals surface area contributed by atoms with Crippen molar-refractivity contribution in [3.63, 3.8) is 0 Å². The van der Waals surface area contributed by atoms with Crippen LogP contribution >= 0.6 is 0 Å². The minimum Gasteiger partial charge on any atom is -0.871 e. The molecule has 0 saturated heterocycles. The van der Waals surface area contributed by atoms with Gasteiger partial charge >= 0.3 is 51.4 Å². The second-order valence-electron chi connectivity index (χ2n) is 3.50. The van der Waals surface area contributed by atoms with Crippen LogP contribution < -0.4 is 56.5 Å². The normalized spacial score (nSPS) is 9.11. The molecule has 0 amide bonds. The topological polar surface area (TPSA) is 36.0 Å². The van der Waals surface area contributed by atoms with Gasteiger partial charge < -0.3 is 20.0 Å². The van der Waals surface area contributed by atoms with Gasteiger partial charge in [-0.1, -0.05) is 48.2 Å². The van der Waals surface area contributed by atoms with Crippen LogP contribution in [-0.2, 0) is 0 Å². The summed E-state index contributed by atoms with van der Waals surface area (Å²) in [6, 6.07) is 13.2. The molecular formula is C15H14KNO-2. The third-order valence-corrected chi connectivity index (χ3v) is 2.58. The molecule has 18 heavy (non-hydrogen) atoms. The molecule has 3 heteroatoms. The van der Waals surface area contributed by atoms with Crippen molar-refractivity contribution < 1.29 is 56.5 Å². The van der Waals surface area contributed by atoms with Crippen LogP contribution in [0.3, 0.4) is 0 Å². The molecule has 2 aromatic carbocycles. The number of fused-ring (bicyclic) bond motifs is 3. The average molecular weight is 263 g/mol. The molecule has 2 nitrogen and oxygen atoms in total. The van der Waals surface area contributed by atoms with Gasteiger partial charge in [0, 0.05) is 17.0 Å². The zero-order valence-corrected chi connectivity index (χ0v) is 14.1. The average Bonchev–Trinajstić information content (AvgIpc) is 2.29. The van der Waals surface area contributed by atoms with Crippen molar-refractivity contribution in [2.45, 2.75) is 0 Å². The summed E-state index contributed by atoms with van der Waals surface area (Å²) in [5.41, 5.74) is 0.552. The Kier molecular flexibility index (Phi) is 7.03. The SMILES string of the molecule is [CH3-].[CH3-].[K+].[O-]c1cccc2c1ncc1ccccc12. The van der Waals surface area contributed by atoms with Crippen LogP contribution in [0.1, 0.15) is 0 Å². The summed E-state index contributed by atoms with van der Waals surface area (Å²) >= 11 is 0. The van der Waals surface area contributed by atoms with Gasteiger partial charge in [-0.05, 0) is 5.39 Å². The molecule has 3 rings (SSSR count). The van der Waals surface area contributed by atoms with E-state index in [-0.39, 0.29) is 72.0 Å². The molecule has 0 aliphatic carbocycles. The number of rotatable bonds is 0. The summed E-state index contributed by atoms with van der Waals surface area (Å²) in [6.07, 6.45) is 1.75. The first-order valence-electron chi connectivity index (χ1n) is 4.80. The molecular weight excluding hydrogens is 249 g/mol. The van der Waals surface area contributed by atoms with Crippen LogP contribution in [0.15, 0.2) is 48.7 Å². The third-order valence-electron chi connectivity index (χ3n) is 2.58. The molecule has 0 unspecified atom stereocenters. The van der Waals surface area contributed by atoms with Crippen LogP contribution in [0, 0.1) is 14.9 Å². The van der Waals surface area contributed by atoms with Crippen LogP contribution in [0.4, 0.5) is 0 Å². The second-order valence-corrected chi connectivity index (χ2v) is 3.50. The Balaban J connectivity index is 0.000000963. The quantitative estimate of drug-likeness (QED) is 0.334. The summed E-state index contributed by atoms with van der Waals surface area (Å²) in [5, 5.41) is 14.6. The van der Waals surface area contributed by atoms with Crippen molar-refractivity contribution in [1.29, 1.82) is 0 Å². The second kappa shape index (κ2) is 7.21. The summed E-state index contributed by atoms with van der Waals surface area (Å²) in [4.78, 5) is 4.20. The fraction of sp³-hybridized carbons (Fsp3) is 0. The maximum absolute atomic E-state index is 11.6. The van der Waals surface area contributed by atoms with E-state index in [0.717, 1.165) is 16.2 Å². The maximum atomic E-state index is 11.6. The summed E-state index contributed by atoms with van der Waals surface area (Å²) in [6.45, 7) is 0. The molecule has 3 aromatic rings. The van der Waals surface area contributed by atoms with Crippen LogP contribution in [0.25, 0.3) is 21.7 Å². The summed E-state index contributed by atoms with van der Waals surface area (Å²) in [7, 11) is 0. The molecule has 0 fully saturated rings. The molecule has 0 bridgehead atoms. The number of hydrogen-bond acceptors (Lipinski definition) is 2. The minimum atomic E-state index is -0.0155. The van der Waals surface area contributed by atoms with E-state index in [0.29, 0.717) is 5.52 Å². The Morgan fingerprint density at radius 2 is 1.50 bits per heavy atom. The summed E-state index contributed by atoms with van der Waals surface area (Å²) < 4.78 is 0. The van der Waals surface area contributed by atoms with Crippen molar-refractivity contribution in [2.24, 2.45) is 0 Å². The van der Waals surface area contributed by atoms with E-state index in [1.54, 1.807) is 18.3 Å². The Morgan fingerprint density at radius 3 is 2.28 bits per heavy atom. The Bertz CT molecular complexity index is 652. The fourth-order valence-electron chi connectivity index (χ4n) is 1.86. The van der Waals surface area contributed by atoms with Crippen LogP contribution in [0.2, 0.25) is 0 Å². The standard InChI is InChI=1S/C13H9NO.2CH3.K/c15-12-7-3-6-11-10-5-2-1-4-9(10)8-14-13(11)12;;;/h1-8,15H;2*1H3;/q;2*-1;+1/p-1. The van der Waals surface area contributed by atoms with Crippen molar-refractivity contribution in [3.05, 3.63) is 63.5 Å². The molecule has 0 atom stereocenters. The number of para-hydroxylation sites is 1. The van der Waals surface area contributed by atoms with Gasteiger partial charge in [-0.25, -0.2) is 0 Å². The smallest absolute Gasteiger partial charge is 0.871 e. The number of hydrogen-bond donors (Lipinski definition) is 0. The van der Waals surface area contributed by atoms with E-state index in [1.807, 2.05) is 30.3 Å². The van der Waals surface area contributed by atoms with Gasteiger partial charge in [-0.15, -0.1) is 0 Å². The number of nitrogens with zero attached hydrogens (tertiary/aromatic N) is 1. The molecule has 0 spiro atoms. The van der Waals surface area contributed by atoms with E-state index in [9.17, 15) is 5.11 Å². The van der Waals surface area contributed by atoms with Crippen molar-refractivity contribution in [2.75, 3.05) is 0 Å². The largest absolute Gasteiger partial charge is 1.00 e. The molecule has 1 aromatic heterocycles. The first kappa shape index (κ1) is 17.5. The molecule has 0 radical (unpaired) electrons. The zero-order chi connectivity index (χ0) is 10.3. The number of benzene rings is 2. The van der Waals surface area contributed by atoms with Gasteiger partial charge in [-0.2, -0.15) is 0 Å². The van der Waals surface area contributed by atoms with Crippen LogP contribution in [-0.4, -0.2) is 4.98 Å². The van der Waals surface area contributed by atoms with E-state index < -0.39 is 0 Å². The molecule has 0 N–H and O–H groups in total. The maximum Gasteiger partial charge on any atom is 1.00 e. The fourth-order valence-corrected chi connectivity index (χ4v) is 1.86. The van der Waals surface area contributed by atoms with Gasteiger partial charge in [0.15, 0.2) is 0 Å². The summed E-state index contributed by atoms with van der Waals surface area (Å²) in [5.74, 6) is -0.0155. The van der Waals surface area contributed by atoms with Crippen molar-refractivity contribution >= 4 is 21.7 Å². The Hall–Kier alpha value is -0.454. The molecule has 1 heterocycles. The van der Waals surface area contributed by atoms with Crippen LogP contribution in [0.5, 0.6) is 5.75 Å². The first-order valence-corrected chi connectivity index (χ1v) is 4.80. The van der Waals surface area contributed by atoms with E-state index in [1.165, 1.54) is 0 Å². The van der Waals surface area contributed by atoms with Crippen molar-refractivity contribution in [3.8, 4) is 5.75 Å². The van der Waals surface area contributed by atoms with E-state index in [2.05, 4.69) is 4.98 Å². The molecule has 0 saturated carbocycles. The monoisotopic (exact) mass is 263 g/mol. The third kappa shape index (κ3) is 2.92. The molecule has 88 valence electrons. The van der Waals surface area contributed by atoms with Gasteiger partial charge in [0.25, 0.3) is 0 Å². The molecule has 0 aliphatic heterocycles. The minimum absolute atomic E-state index is 0. The van der Waals surface area contributed by atoms with Gasteiger partial charge in [-0.3, -0.25) is 4.98 Å². The first-order chi connectivity index (χ1) is 7.36. The number of aromatic nitrogens is 1. The Labute approximate surface area is 150 Å². The van der Waals surface area contributed by atoms with E-state index >= 15 is 0 Å². The number of pyridine rings is 1. The predicted octanol–water partition coefficient (Wildman–Crippen LogP) is 0.366. The predicted molar refractivity (Wildman–Crippen MR) is 71.5 cm³/mol. The zero-order valence-electron chi connectivity index (χ0n) is 11.0. The van der Waals surface area contributed by atoms with Gasteiger partial charge in [0.1, 0.15) is 0 Å². The molecule has 0 aliphatic rings. The Morgan fingerprint density at radius 1 is 0.833 bits per heavy atom. The van der Waals surface area contributed by atoms with Crippen molar-refractivity contribution in [1.82, 2.24) is 4.98 Å². The van der Waals surface area contributed by atoms with Gasteiger partial charge in [0.2, 0.25) is 0 Å². The van der Waals surface area contributed by atoms with Gasteiger partial charge in [0.05, 0.1) is 5.52 Å².